The lowest BCUT2D eigenvalue weighted by Crippen LogP contribution is -2.42. The Hall–Kier alpha value is -0.830. The van der Waals surface area contributed by atoms with Gasteiger partial charge >= 0.3 is 5.97 Å². The Kier molecular flexibility index (Phi) is 4.82. The second-order valence-corrected chi connectivity index (χ2v) is 4.17. The molecule has 0 aromatic carbocycles. The number of aliphatic carboxylic acids is 1. The van der Waals surface area contributed by atoms with Gasteiger partial charge in [-0.25, -0.2) is 4.79 Å². The molecule has 0 aliphatic heterocycles. The van der Waals surface area contributed by atoms with Crippen LogP contribution in [0.2, 0.25) is 0 Å². The zero-order valence-corrected chi connectivity index (χ0v) is 9.21. The molecule has 0 bridgehead atoms. The van der Waals surface area contributed by atoms with Gasteiger partial charge in [0.05, 0.1) is 6.61 Å². The fraction of sp³-hybridized carbons (Fsp3) is 0.750. The summed E-state index contributed by atoms with van der Waals surface area (Å²) in [5, 5.41) is 9.27. The van der Waals surface area contributed by atoms with Gasteiger partial charge in [-0.15, -0.1) is 6.58 Å². The van der Waals surface area contributed by atoms with Gasteiger partial charge < -0.3 is 9.84 Å². The maximum atomic E-state index is 11.3. The van der Waals surface area contributed by atoms with E-state index in [0.717, 1.165) is 25.7 Å². The Morgan fingerprint density at radius 3 is 2.27 bits per heavy atom. The predicted octanol–water partition coefficient (Wildman–Crippen LogP) is 2.76. The van der Waals surface area contributed by atoms with Crippen LogP contribution < -0.4 is 0 Å². The third-order valence-corrected chi connectivity index (χ3v) is 3.03. The Labute approximate surface area is 91.1 Å². The lowest BCUT2D eigenvalue weighted by Gasteiger charge is -2.30. The molecule has 1 saturated carbocycles. The summed E-state index contributed by atoms with van der Waals surface area (Å²) in [6.07, 6.45) is 8.23. The van der Waals surface area contributed by atoms with Crippen LogP contribution >= 0.6 is 0 Å². The van der Waals surface area contributed by atoms with Gasteiger partial charge in [0.2, 0.25) is 0 Å². The standard InChI is InChI=1S/C12H20O3/c1-2-10-15-12(11(13)14)8-6-4-3-5-7-9-12/h2H,1,3-10H2,(H,13,14). The monoisotopic (exact) mass is 212 g/mol. The SMILES string of the molecule is C=CCOC1(C(=O)O)CCCCCCC1. The predicted molar refractivity (Wildman–Crippen MR) is 58.8 cm³/mol. The molecular formula is C12H20O3. The maximum Gasteiger partial charge on any atom is 0.335 e. The number of carboxylic acids is 1. The van der Waals surface area contributed by atoms with Gasteiger partial charge in [-0.1, -0.05) is 25.3 Å². The Morgan fingerprint density at radius 2 is 1.80 bits per heavy atom. The molecule has 0 amide bonds. The highest BCUT2D eigenvalue weighted by Crippen LogP contribution is 2.30. The van der Waals surface area contributed by atoms with Crippen LogP contribution in [0.15, 0.2) is 12.7 Å². The lowest BCUT2D eigenvalue weighted by molar-refractivity contribution is -0.167. The number of carboxylic acid groups (broad SMARTS) is 1. The van der Waals surface area contributed by atoms with E-state index < -0.39 is 11.6 Å². The van der Waals surface area contributed by atoms with Gasteiger partial charge in [0.1, 0.15) is 0 Å². The van der Waals surface area contributed by atoms with Crippen LogP contribution in [0.3, 0.4) is 0 Å². The quantitative estimate of drug-likeness (QED) is 0.729. The second-order valence-electron chi connectivity index (χ2n) is 4.17. The third kappa shape index (κ3) is 3.34. The van der Waals surface area contributed by atoms with E-state index in [1.165, 1.54) is 6.42 Å². The number of ether oxygens (including phenoxy) is 1. The zero-order valence-electron chi connectivity index (χ0n) is 9.21. The topological polar surface area (TPSA) is 46.5 Å². The van der Waals surface area contributed by atoms with Crippen molar-refractivity contribution in [1.29, 1.82) is 0 Å². The fourth-order valence-electron chi connectivity index (χ4n) is 2.11. The summed E-state index contributed by atoms with van der Waals surface area (Å²) in [6, 6.07) is 0. The second kappa shape index (κ2) is 5.91. The molecule has 0 spiro atoms. The minimum Gasteiger partial charge on any atom is -0.479 e. The number of carbonyl (C=O) groups is 1. The molecule has 0 aromatic rings. The summed E-state index contributed by atoms with van der Waals surface area (Å²) in [5.74, 6) is -0.814. The normalized spacial score (nSPS) is 21.3. The molecule has 1 aliphatic carbocycles. The molecule has 86 valence electrons. The molecule has 0 saturated heterocycles. The van der Waals surface area contributed by atoms with Gasteiger partial charge in [0, 0.05) is 0 Å². The first kappa shape index (κ1) is 12.2. The van der Waals surface area contributed by atoms with Crippen molar-refractivity contribution in [3.8, 4) is 0 Å². The van der Waals surface area contributed by atoms with Crippen LogP contribution in [0.25, 0.3) is 0 Å². The van der Waals surface area contributed by atoms with Crippen LogP contribution in [-0.4, -0.2) is 23.3 Å². The van der Waals surface area contributed by atoms with Crippen LogP contribution in [0.1, 0.15) is 44.9 Å². The van der Waals surface area contributed by atoms with E-state index in [1.807, 2.05) is 0 Å². The van der Waals surface area contributed by atoms with Crippen molar-refractivity contribution in [3.63, 3.8) is 0 Å². The maximum absolute atomic E-state index is 11.3. The van der Waals surface area contributed by atoms with Crippen molar-refractivity contribution in [1.82, 2.24) is 0 Å². The summed E-state index contributed by atoms with van der Waals surface area (Å²) in [4.78, 5) is 11.3. The Bertz CT molecular complexity index is 215. The van der Waals surface area contributed by atoms with Crippen LogP contribution in [0.4, 0.5) is 0 Å². The number of hydrogen-bond acceptors (Lipinski definition) is 2. The third-order valence-electron chi connectivity index (χ3n) is 3.03. The number of rotatable bonds is 4. The minimum absolute atomic E-state index is 0.326. The van der Waals surface area contributed by atoms with Gasteiger partial charge in [-0.3, -0.25) is 0 Å². The fourth-order valence-corrected chi connectivity index (χ4v) is 2.11. The first-order chi connectivity index (χ1) is 7.21. The molecule has 0 aromatic heterocycles. The van der Waals surface area contributed by atoms with Gasteiger partial charge in [-0.2, -0.15) is 0 Å². The van der Waals surface area contributed by atoms with E-state index in [0.29, 0.717) is 19.4 Å². The van der Waals surface area contributed by atoms with E-state index >= 15 is 0 Å². The van der Waals surface area contributed by atoms with Crippen LogP contribution in [0.5, 0.6) is 0 Å². The summed E-state index contributed by atoms with van der Waals surface area (Å²) in [7, 11) is 0. The van der Waals surface area contributed by atoms with E-state index in [9.17, 15) is 9.90 Å². The summed E-state index contributed by atoms with van der Waals surface area (Å²) >= 11 is 0. The van der Waals surface area contributed by atoms with E-state index in [-0.39, 0.29) is 0 Å². The average molecular weight is 212 g/mol. The van der Waals surface area contributed by atoms with Crippen molar-refractivity contribution in [2.45, 2.75) is 50.5 Å². The van der Waals surface area contributed by atoms with E-state index in [1.54, 1.807) is 6.08 Å². The highest BCUT2D eigenvalue weighted by atomic mass is 16.5. The van der Waals surface area contributed by atoms with Gasteiger partial charge in [0.25, 0.3) is 0 Å². The first-order valence-electron chi connectivity index (χ1n) is 5.69. The van der Waals surface area contributed by atoms with Crippen molar-refractivity contribution in [2.75, 3.05) is 6.61 Å². The molecule has 0 heterocycles. The first-order valence-corrected chi connectivity index (χ1v) is 5.69. The van der Waals surface area contributed by atoms with E-state index in [2.05, 4.69) is 6.58 Å². The molecule has 1 rings (SSSR count). The zero-order chi connectivity index (χ0) is 11.1. The smallest absolute Gasteiger partial charge is 0.335 e. The summed E-state index contributed by atoms with van der Waals surface area (Å²) in [6.45, 7) is 3.89. The minimum atomic E-state index is -0.950. The molecule has 3 heteroatoms. The molecule has 1 fully saturated rings. The number of hydrogen-bond donors (Lipinski definition) is 1. The van der Waals surface area contributed by atoms with E-state index in [4.69, 9.17) is 4.74 Å². The van der Waals surface area contributed by atoms with Crippen molar-refractivity contribution >= 4 is 5.97 Å². The highest BCUT2D eigenvalue weighted by Gasteiger charge is 2.38. The molecular weight excluding hydrogens is 192 g/mol. The Balaban J connectivity index is 2.66. The van der Waals surface area contributed by atoms with Crippen molar-refractivity contribution < 1.29 is 14.6 Å². The molecule has 3 nitrogen and oxygen atoms in total. The van der Waals surface area contributed by atoms with Gasteiger partial charge in [0.15, 0.2) is 5.60 Å². The highest BCUT2D eigenvalue weighted by molar-refractivity contribution is 5.77. The molecule has 1 N–H and O–H groups in total. The summed E-state index contributed by atoms with van der Waals surface area (Å²) in [5.41, 5.74) is -0.950. The summed E-state index contributed by atoms with van der Waals surface area (Å²) < 4.78 is 5.50. The molecule has 15 heavy (non-hydrogen) atoms. The van der Waals surface area contributed by atoms with Crippen molar-refractivity contribution in [2.24, 2.45) is 0 Å². The molecule has 0 radical (unpaired) electrons. The Morgan fingerprint density at radius 1 is 1.27 bits per heavy atom. The van der Waals surface area contributed by atoms with Crippen LogP contribution in [-0.2, 0) is 9.53 Å². The largest absolute Gasteiger partial charge is 0.479 e. The average Bonchev–Trinajstić information content (AvgIpc) is 2.16. The van der Waals surface area contributed by atoms with Crippen molar-refractivity contribution in [3.05, 3.63) is 12.7 Å². The van der Waals surface area contributed by atoms with Gasteiger partial charge in [-0.05, 0) is 25.7 Å². The lowest BCUT2D eigenvalue weighted by atomic mass is 9.87. The molecule has 1 aliphatic rings. The van der Waals surface area contributed by atoms with Crippen LogP contribution in [0, 0.1) is 0 Å². The molecule has 0 atom stereocenters. The molecule has 0 unspecified atom stereocenters.